The Kier molecular flexibility index (Phi) is 5.81. The quantitative estimate of drug-likeness (QED) is 0.802. The van der Waals surface area contributed by atoms with Crippen LogP contribution >= 0.6 is 11.6 Å². The lowest BCUT2D eigenvalue weighted by Gasteiger charge is -2.19. The van der Waals surface area contributed by atoms with Crippen LogP contribution in [-0.4, -0.2) is 17.8 Å². The first-order valence-corrected chi connectivity index (χ1v) is 6.22. The van der Waals surface area contributed by atoms with E-state index in [-0.39, 0.29) is 12.1 Å². The van der Waals surface area contributed by atoms with Crippen molar-refractivity contribution in [1.82, 2.24) is 5.32 Å². The van der Waals surface area contributed by atoms with E-state index in [0.717, 1.165) is 17.9 Å². The minimum absolute atomic E-state index is 0.264. The van der Waals surface area contributed by atoms with Gasteiger partial charge in [-0.2, -0.15) is 0 Å². The highest BCUT2D eigenvalue weighted by Crippen LogP contribution is 2.20. The standard InChI is InChI=1S/C13H20ClNO/c1-3-12(16)9-15-13(4-2)10-6-5-7-11(14)8-10/h5-8,12-13,15-16H,3-4,9H2,1-2H3. The van der Waals surface area contributed by atoms with Crippen molar-refractivity contribution in [2.45, 2.75) is 38.8 Å². The topological polar surface area (TPSA) is 32.3 Å². The molecule has 0 bridgehead atoms. The molecule has 0 spiro atoms. The molecule has 0 radical (unpaired) electrons. The van der Waals surface area contributed by atoms with Gasteiger partial charge < -0.3 is 10.4 Å². The van der Waals surface area contributed by atoms with Crippen LogP contribution in [0.3, 0.4) is 0 Å². The molecule has 3 heteroatoms. The zero-order chi connectivity index (χ0) is 12.0. The summed E-state index contributed by atoms with van der Waals surface area (Å²) in [6, 6.07) is 8.13. The van der Waals surface area contributed by atoms with Crippen molar-refractivity contribution in [2.24, 2.45) is 0 Å². The zero-order valence-corrected chi connectivity index (χ0v) is 10.7. The smallest absolute Gasteiger partial charge is 0.0662 e. The first-order valence-electron chi connectivity index (χ1n) is 5.84. The number of hydrogen-bond donors (Lipinski definition) is 2. The Bertz CT molecular complexity index is 317. The lowest BCUT2D eigenvalue weighted by atomic mass is 10.0. The number of aliphatic hydroxyl groups is 1. The molecule has 1 aromatic carbocycles. The number of rotatable bonds is 6. The Labute approximate surface area is 103 Å². The van der Waals surface area contributed by atoms with Gasteiger partial charge in [-0.3, -0.25) is 0 Å². The van der Waals surface area contributed by atoms with Gasteiger partial charge in [-0.1, -0.05) is 37.6 Å². The van der Waals surface area contributed by atoms with Crippen LogP contribution in [0.15, 0.2) is 24.3 Å². The molecule has 0 saturated heterocycles. The molecule has 2 nitrogen and oxygen atoms in total. The van der Waals surface area contributed by atoms with Crippen molar-refractivity contribution in [3.05, 3.63) is 34.9 Å². The predicted molar refractivity (Wildman–Crippen MR) is 68.8 cm³/mol. The molecule has 0 amide bonds. The van der Waals surface area contributed by atoms with Gasteiger partial charge in [-0.05, 0) is 30.5 Å². The highest BCUT2D eigenvalue weighted by atomic mass is 35.5. The van der Waals surface area contributed by atoms with E-state index in [1.807, 2.05) is 25.1 Å². The molecule has 2 unspecified atom stereocenters. The lowest BCUT2D eigenvalue weighted by molar-refractivity contribution is 0.162. The largest absolute Gasteiger partial charge is 0.392 e. The van der Waals surface area contributed by atoms with E-state index < -0.39 is 0 Å². The summed E-state index contributed by atoms with van der Waals surface area (Å²) in [6.07, 6.45) is 1.49. The van der Waals surface area contributed by atoms with Crippen LogP contribution in [0.4, 0.5) is 0 Å². The van der Waals surface area contributed by atoms with Crippen molar-refractivity contribution in [1.29, 1.82) is 0 Å². The SMILES string of the molecule is CCC(O)CNC(CC)c1cccc(Cl)c1. The highest BCUT2D eigenvalue weighted by molar-refractivity contribution is 6.30. The van der Waals surface area contributed by atoms with E-state index in [1.54, 1.807) is 0 Å². The maximum Gasteiger partial charge on any atom is 0.0662 e. The summed E-state index contributed by atoms with van der Waals surface area (Å²) in [5, 5.41) is 13.6. The van der Waals surface area contributed by atoms with Gasteiger partial charge in [-0.25, -0.2) is 0 Å². The van der Waals surface area contributed by atoms with E-state index in [9.17, 15) is 5.11 Å². The first kappa shape index (κ1) is 13.5. The number of benzene rings is 1. The third kappa shape index (κ3) is 4.12. The summed E-state index contributed by atoms with van der Waals surface area (Å²) < 4.78 is 0. The summed E-state index contributed by atoms with van der Waals surface area (Å²) in [4.78, 5) is 0. The predicted octanol–water partition coefficient (Wildman–Crippen LogP) is 3.15. The second kappa shape index (κ2) is 6.89. The molecule has 0 heterocycles. The molecule has 1 aromatic rings. The molecular weight excluding hydrogens is 222 g/mol. The highest BCUT2D eigenvalue weighted by Gasteiger charge is 2.10. The Morgan fingerprint density at radius 2 is 2.06 bits per heavy atom. The number of halogens is 1. The van der Waals surface area contributed by atoms with Gasteiger partial charge >= 0.3 is 0 Å². The molecule has 1 rings (SSSR count). The fourth-order valence-corrected chi connectivity index (χ4v) is 1.84. The van der Waals surface area contributed by atoms with Gasteiger partial charge in [0, 0.05) is 17.6 Å². The molecule has 0 aliphatic heterocycles. The van der Waals surface area contributed by atoms with E-state index in [0.29, 0.717) is 6.54 Å². The Morgan fingerprint density at radius 3 is 2.62 bits per heavy atom. The molecule has 0 fully saturated rings. The minimum atomic E-state index is -0.270. The number of hydrogen-bond acceptors (Lipinski definition) is 2. The van der Waals surface area contributed by atoms with E-state index in [2.05, 4.69) is 18.3 Å². The molecule has 2 atom stereocenters. The van der Waals surface area contributed by atoms with Gasteiger partial charge in [0.05, 0.1) is 6.10 Å². The summed E-state index contributed by atoms with van der Waals surface area (Å²) >= 11 is 5.96. The summed E-state index contributed by atoms with van der Waals surface area (Å²) in [5.41, 5.74) is 1.18. The van der Waals surface area contributed by atoms with Crippen molar-refractivity contribution in [3.8, 4) is 0 Å². The molecule has 2 N–H and O–H groups in total. The van der Waals surface area contributed by atoms with E-state index in [4.69, 9.17) is 11.6 Å². The fourth-order valence-electron chi connectivity index (χ4n) is 1.64. The van der Waals surface area contributed by atoms with Crippen LogP contribution in [0.5, 0.6) is 0 Å². The molecule has 0 aliphatic rings. The van der Waals surface area contributed by atoms with E-state index in [1.165, 1.54) is 5.56 Å². The minimum Gasteiger partial charge on any atom is -0.392 e. The number of nitrogens with one attached hydrogen (secondary N) is 1. The van der Waals surface area contributed by atoms with Gasteiger partial charge in [0.15, 0.2) is 0 Å². The number of aliphatic hydroxyl groups excluding tert-OH is 1. The average molecular weight is 242 g/mol. The Balaban J connectivity index is 2.60. The van der Waals surface area contributed by atoms with Crippen LogP contribution < -0.4 is 5.32 Å². The van der Waals surface area contributed by atoms with Crippen molar-refractivity contribution >= 4 is 11.6 Å². The van der Waals surface area contributed by atoms with Gasteiger partial charge in [0.2, 0.25) is 0 Å². The van der Waals surface area contributed by atoms with Gasteiger partial charge in [0.1, 0.15) is 0 Å². The Hall–Kier alpha value is -0.570. The maximum absolute atomic E-state index is 9.52. The van der Waals surface area contributed by atoms with Crippen molar-refractivity contribution in [3.63, 3.8) is 0 Å². The summed E-state index contributed by atoms with van der Waals surface area (Å²) in [6.45, 7) is 4.73. The summed E-state index contributed by atoms with van der Waals surface area (Å²) in [7, 11) is 0. The molecule has 16 heavy (non-hydrogen) atoms. The second-order valence-corrected chi connectivity index (χ2v) is 4.42. The Morgan fingerprint density at radius 1 is 1.31 bits per heavy atom. The van der Waals surface area contributed by atoms with Gasteiger partial charge in [-0.15, -0.1) is 0 Å². The first-order chi connectivity index (χ1) is 7.67. The maximum atomic E-state index is 9.52. The van der Waals surface area contributed by atoms with Gasteiger partial charge in [0.25, 0.3) is 0 Å². The van der Waals surface area contributed by atoms with E-state index >= 15 is 0 Å². The average Bonchev–Trinajstić information content (AvgIpc) is 2.29. The van der Waals surface area contributed by atoms with Crippen LogP contribution in [0.2, 0.25) is 5.02 Å². The monoisotopic (exact) mass is 241 g/mol. The van der Waals surface area contributed by atoms with Crippen molar-refractivity contribution < 1.29 is 5.11 Å². The molecule has 90 valence electrons. The second-order valence-electron chi connectivity index (χ2n) is 3.99. The fraction of sp³-hybridized carbons (Fsp3) is 0.538. The van der Waals surface area contributed by atoms with Crippen LogP contribution in [0.25, 0.3) is 0 Å². The zero-order valence-electron chi connectivity index (χ0n) is 9.91. The lowest BCUT2D eigenvalue weighted by Crippen LogP contribution is -2.29. The molecule has 0 saturated carbocycles. The molecular formula is C13H20ClNO. The normalized spacial score (nSPS) is 14.8. The third-order valence-electron chi connectivity index (χ3n) is 2.73. The van der Waals surface area contributed by atoms with Crippen LogP contribution in [0, 0.1) is 0 Å². The molecule has 0 aliphatic carbocycles. The van der Waals surface area contributed by atoms with Crippen LogP contribution in [0.1, 0.15) is 38.3 Å². The van der Waals surface area contributed by atoms with Crippen molar-refractivity contribution in [2.75, 3.05) is 6.54 Å². The van der Waals surface area contributed by atoms with Crippen LogP contribution in [-0.2, 0) is 0 Å². The third-order valence-corrected chi connectivity index (χ3v) is 2.97. The summed E-state index contributed by atoms with van der Waals surface area (Å²) in [5.74, 6) is 0. The molecule has 0 aromatic heterocycles.